The van der Waals surface area contributed by atoms with E-state index in [1.54, 1.807) is 19.9 Å². The van der Waals surface area contributed by atoms with Gasteiger partial charge in [0.2, 0.25) is 0 Å². The van der Waals surface area contributed by atoms with Crippen LogP contribution in [0.3, 0.4) is 0 Å². The summed E-state index contributed by atoms with van der Waals surface area (Å²) in [5, 5.41) is 30.3. The molecule has 27 heavy (non-hydrogen) atoms. The van der Waals surface area contributed by atoms with Crippen molar-refractivity contribution in [3.05, 3.63) is 66.9 Å². The Bertz CT molecular complexity index is 1170. The van der Waals surface area contributed by atoms with Gasteiger partial charge < -0.3 is 5.73 Å². The zero-order valence-electron chi connectivity index (χ0n) is 14.4. The zero-order chi connectivity index (χ0) is 19.9. The second-order valence-corrected chi connectivity index (χ2v) is 6.37. The number of nitrogens with zero attached hydrogens (tertiary/aromatic N) is 4. The first-order valence-corrected chi connectivity index (χ1v) is 8.15. The molecule has 3 rings (SSSR count). The summed E-state index contributed by atoms with van der Waals surface area (Å²) >= 11 is 6.21. The van der Waals surface area contributed by atoms with Crippen molar-refractivity contribution >= 4 is 40.3 Å². The number of allylic oxidation sites excluding steroid dienone is 3. The fourth-order valence-corrected chi connectivity index (χ4v) is 3.28. The Morgan fingerprint density at radius 1 is 1.30 bits per heavy atom. The average Bonchev–Trinajstić information content (AvgIpc) is 2.88. The van der Waals surface area contributed by atoms with Crippen LogP contribution in [-0.4, -0.2) is 9.91 Å². The topological polar surface area (TPSA) is 130 Å². The third-order valence-corrected chi connectivity index (χ3v) is 4.82. The number of non-ortho nitro benzene ring substituents is 1. The number of nitro benzene ring substituents is 1. The number of hydrogen-bond acceptors (Lipinski definition) is 6. The van der Waals surface area contributed by atoms with Crippen molar-refractivity contribution in [2.75, 3.05) is 5.73 Å². The molecule has 1 heterocycles. The van der Waals surface area contributed by atoms with Crippen LogP contribution in [0.4, 0.5) is 11.5 Å². The highest BCUT2D eigenvalue weighted by Gasteiger charge is 2.29. The smallest absolute Gasteiger partial charge is 0.270 e. The van der Waals surface area contributed by atoms with Crippen molar-refractivity contribution < 1.29 is 4.92 Å². The van der Waals surface area contributed by atoms with Gasteiger partial charge in [0.1, 0.15) is 18.0 Å². The van der Waals surface area contributed by atoms with E-state index < -0.39 is 4.92 Å². The number of nitrogens with two attached hydrogens (primary N) is 1. The molecule has 1 aromatic heterocycles. The Hall–Kier alpha value is -3.68. The summed E-state index contributed by atoms with van der Waals surface area (Å²) < 4.78 is 0. The van der Waals surface area contributed by atoms with Crippen LogP contribution < -0.4 is 5.73 Å². The number of nitriles is 2. The van der Waals surface area contributed by atoms with Gasteiger partial charge in [0.05, 0.1) is 21.8 Å². The Kier molecular flexibility index (Phi) is 4.40. The number of nitro groups is 1. The fourth-order valence-electron chi connectivity index (χ4n) is 3.11. The second kappa shape index (κ2) is 6.56. The van der Waals surface area contributed by atoms with Crippen molar-refractivity contribution in [3.63, 3.8) is 0 Å². The van der Waals surface area contributed by atoms with Gasteiger partial charge in [0.25, 0.3) is 5.69 Å². The van der Waals surface area contributed by atoms with E-state index >= 15 is 0 Å². The quantitative estimate of drug-likeness (QED) is 0.614. The molecule has 1 aliphatic carbocycles. The Labute approximate surface area is 159 Å². The minimum Gasteiger partial charge on any atom is -0.383 e. The molecule has 0 unspecified atom stereocenters. The van der Waals surface area contributed by atoms with Gasteiger partial charge in [-0.1, -0.05) is 11.6 Å². The summed E-state index contributed by atoms with van der Waals surface area (Å²) in [7, 11) is 0. The molecule has 0 radical (unpaired) electrons. The number of anilines is 1. The fraction of sp³-hybridized carbons (Fsp3) is 0.105. The van der Waals surface area contributed by atoms with Gasteiger partial charge in [0, 0.05) is 28.3 Å². The molecule has 0 bridgehead atoms. The molecular weight excluding hydrogens is 366 g/mol. The third kappa shape index (κ3) is 2.80. The van der Waals surface area contributed by atoms with E-state index in [-0.39, 0.29) is 17.1 Å². The summed E-state index contributed by atoms with van der Waals surface area (Å²) in [5.41, 5.74) is 9.64. The van der Waals surface area contributed by atoms with E-state index in [1.165, 1.54) is 18.2 Å². The van der Waals surface area contributed by atoms with E-state index in [2.05, 4.69) is 11.1 Å². The lowest BCUT2D eigenvalue weighted by atomic mass is 9.95. The molecule has 0 fully saturated rings. The number of pyridine rings is 1. The lowest BCUT2D eigenvalue weighted by Gasteiger charge is -2.11. The van der Waals surface area contributed by atoms with Gasteiger partial charge in [-0.15, -0.1) is 0 Å². The number of hydrogen-bond donors (Lipinski definition) is 1. The standard InChI is InChI=1S/C19H12ClN5O2/c1-9-13(6-11-5-12(25(26)27)3-4-16(11)20)17-10(2)15(8-22)19(23)24-18(17)14(9)7-21/h3-6H,1-2H3,(H2,23,24). The molecule has 132 valence electrons. The van der Waals surface area contributed by atoms with Crippen molar-refractivity contribution in [2.24, 2.45) is 0 Å². The van der Waals surface area contributed by atoms with Crippen LogP contribution in [0.1, 0.15) is 34.9 Å². The monoisotopic (exact) mass is 377 g/mol. The minimum absolute atomic E-state index is 0.0592. The van der Waals surface area contributed by atoms with E-state index in [9.17, 15) is 20.6 Å². The summed E-state index contributed by atoms with van der Waals surface area (Å²) in [6, 6.07) is 8.27. The molecule has 0 amide bonds. The zero-order valence-corrected chi connectivity index (χ0v) is 15.1. The maximum absolute atomic E-state index is 11.1. The van der Waals surface area contributed by atoms with Crippen molar-refractivity contribution in [1.82, 2.24) is 4.98 Å². The predicted octanol–water partition coefficient (Wildman–Crippen LogP) is 4.26. The van der Waals surface area contributed by atoms with Crippen LogP contribution in [0, 0.1) is 39.7 Å². The van der Waals surface area contributed by atoms with Gasteiger partial charge in [-0.2, -0.15) is 10.5 Å². The Balaban J connectivity index is 2.34. The molecule has 0 saturated carbocycles. The van der Waals surface area contributed by atoms with Crippen LogP contribution in [0.5, 0.6) is 0 Å². The van der Waals surface area contributed by atoms with Gasteiger partial charge in [-0.3, -0.25) is 10.1 Å². The lowest BCUT2D eigenvalue weighted by molar-refractivity contribution is -0.384. The molecule has 2 aromatic rings. The summed E-state index contributed by atoms with van der Waals surface area (Å²) in [6.45, 7) is 3.48. The first-order chi connectivity index (χ1) is 12.8. The molecule has 8 heteroatoms. The van der Waals surface area contributed by atoms with E-state index in [4.69, 9.17) is 17.3 Å². The van der Waals surface area contributed by atoms with Crippen molar-refractivity contribution in [3.8, 4) is 12.1 Å². The maximum Gasteiger partial charge on any atom is 0.270 e. The van der Waals surface area contributed by atoms with Crippen LogP contribution >= 0.6 is 11.6 Å². The van der Waals surface area contributed by atoms with Crippen LogP contribution in [0.25, 0.3) is 17.2 Å². The van der Waals surface area contributed by atoms with E-state index in [0.29, 0.717) is 44.1 Å². The van der Waals surface area contributed by atoms with Crippen LogP contribution in [0.15, 0.2) is 23.8 Å². The number of halogens is 1. The highest BCUT2D eigenvalue weighted by Crippen LogP contribution is 2.44. The molecule has 0 aliphatic heterocycles. The molecule has 0 spiro atoms. The third-order valence-electron chi connectivity index (χ3n) is 4.47. The summed E-state index contributed by atoms with van der Waals surface area (Å²) in [4.78, 5) is 14.8. The molecule has 2 N–H and O–H groups in total. The van der Waals surface area contributed by atoms with Crippen molar-refractivity contribution in [2.45, 2.75) is 13.8 Å². The summed E-state index contributed by atoms with van der Waals surface area (Å²) in [6.07, 6.45) is 1.67. The SMILES string of the molecule is CC1=C(C#N)c2nc(N)c(C#N)c(C)c2C1=Cc1cc([N+](=O)[O-])ccc1Cl. The molecule has 1 aromatic carbocycles. The number of benzene rings is 1. The maximum atomic E-state index is 11.1. The van der Waals surface area contributed by atoms with Crippen LogP contribution in [-0.2, 0) is 0 Å². The van der Waals surface area contributed by atoms with Gasteiger partial charge in [0.15, 0.2) is 0 Å². The number of fused-ring (bicyclic) bond motifs is 1. The second-order valence-electron chi connectivity index (χ2n) is 5.97. The lowest BCUT2D eigenvalue weighted by Crippen LogP contribution is -2.03. The van der Waals surface area contributed by atoms with Gasteiger partial charge in [-0.05, 0) is 42.7 Å². The Morgan fingerprint density at radius 2 is 2.00 bits per heavy atom. The van der Waals surface area contributed by atoms with Gasteiger partial charge in [-0.25, -0.2) is 4.98 Å². The molecular formula is C19H12ClN5O2. The highest BCUT2D eigenvalue weighted by molar-refractivity contribution is 6.32. The number of aromatic nitrogens is 1. The molecule has 7 nitrogen and oxygen atoms in total. The molecule has 0 atom stereocenters. The first-order valence-electron chi connectivity index (χ1n) is 7.78. The first kappa shape index (κ1) is 18.1. The largest absolute Gasteiger partial charge is 0.383 e. The normalized spacial score (nSPS) is 14.0. The Morgan fingerprint density at radius 3 is 2.59 bits per heavy atom. The van der Waals surface area contributed by atoms with Crippen LogP contribution in [0.2, 0.25) is 5.02 Å². The average molecular weight is 378 g/mol. The van der Waals surface area contributed by atoms with E-state index in [1.807, 2.05) is 6.07 Å². The van der Waals surface area contributed by atoms with E-state index in [0.717, 1.165) is 0 Å². The van der Waals surface area contributed by atoms with Gasteiger partial charge >= 0.3 is 0 Å². The predicted molar refractivity (Wildman–Crippen MR) is 102 cm³/mol. The minimum atomic E-state index is -0.508. The summed E-state index contributed by atoms with van der Waals surface area (Å²) in [5.74, 6) is 0.0592. The molecule has 0 saturated heterocycles. The molecule has 1 aliphatic rings. The number of rotatable bonds is 2. The highest BCUT2D eigenvalue weighted by atomic mass is 35.5. The van der Waals surface area contributed by atoms with Crippen molar-refractivity contribution in [1.29, 1.82) is 10.5 Å². The number of nitrogen functional groups attached to an aromatic ring is 1.